The first kappa shape index (κ1) is 19.2. The number of thiazole rings is 1. The molecule has 3 rings (SSSR count). The largest absolute Gasteiger partial charge is 0.488 e. The third-order valence-electron chi connectivity index (χ3n) is 3.57. The number of nitrogens with one attached hydrogen (secondary N) is 1. The Balaban J connectivity index is 1.79. The highest BCUT2D eigenvalue weighted by molar-refractivity contribution is 7.80. The van der Waals surface area contributed by atoms with Gasteiger partial charge in [-0.1, -0.05) is 29.8 Å². The quantitative estimate of drug-likeness (QED) is 0.337. The van der Waals surface area contributed by atoms with E-state index in [0.717, 1.165) is 4.88 Å². The molecule has 0 spiro atoms. The zero-order chi connectivity index (χ0) is 19.4. The van der Waals surface area contributed by atoms with Crippen molar-refractivity contribution in [1.82, 2.24) is 15.2 Å². The van der Waals surface area contributed by atoms with Crippen LogP contribution >= 0.6 is 35.2 Å². The number of aromatic nitrogens is 1. The summed E-state index contributed by atoms with van der Waals surface area (Å²) >= 11 is 12.2. The summed E-state index contributed by atoms with van der Waals surface area (Å²) in [6.45, 7) is 4.14. The van der Waals surface area contributed by atoms with E-state index >= 15 is 0 Å². The van der Waals surface area contributed by atoms with Crippen molar-refractivity contribution in [1.29, 1.82) is 0 Å². The Bertz CT molecular complexity index is 955. The molecule has 0 unspecified atom stereocenters. The van der Waals surface area contributed by atoms with Crippen LogP contribution in [0.5, 0.6) is 5.75 Å². The molecule has 0 radical (unpaired) electrons. The van der Waals surface area contributed by atoms with E-state index in [1.54, 1.807) is 36.5 Å². The second-order valence-corrected chi connectivity index (χ2v) is 7.55. The molecule has 2 heterocycles. The average molecular weight is 420 g/mol. The topological polar surface area (TPSA) is 71.5 Å². The van der Waals surface area contributed by atoms with Crippen molar-refractivity contribution in [2.24, 2.45) is 0 Å². The van der Waals surface area contributed by atoms with Gasteiger partial charge in [0, 0.05) is 12.7 Å². The summed E-state index contributed by atoms with van der Waals surface area (Å²) < 4.78 is 6.17. The van der Waals surface area contributed by atoms with E-state index in [4.69, 9.17) is 28.6 Å². The Morgan fingerprint density at radius 3 is 2.93 bits per heavy atom. The van der Waals surface area contributed by atoms with E-state index in [-0.39, 0.29) is 17.2 Å². The summed E-state index contributed by atoms with van der Waals surface area (Å²) in [6.07, 6.45) is 4.70. The zero-order valence-electron chi connectivity index (χ0n) is 14.0. The molecule has 2 aromatic rings. The lowest BCUT2D eigenvalue weighted by Crippen LogP contribution is -2.53. The van der Waals surface area contributed by atoms with E-state index in [0.29, 0.717) is 22.4 Å². The molecule has 0 bridgehead atoms. The highest BCUT2D eigenvalue weighted by Crippen LogP contribution is 2.22. The van der Waals surface area contributed by atoms with Gasteiger partial charge in [-0.15, -0.1) is 17.9 Å². The molecule has 0 atom stereocenters. The summed E-state index contributed by atoms with van der Waals surface area (Å²) in [5.74, 6) is -0.402. The number of thiocarbonyl (C=S) groups is 1. The van der Waals surface area contributed by atoms with E-state index in [1.807, 2.05) is 0 Å². The molecule has 2 amide bonds. The third-order valence-corrected chi connectivity index (χ3v) is 4.98. The molecule has 9 heteroatoms. The number of benzene rings is 1. The van der Waals surface area contributed by atoms with Gasteiger partial charge < -0.3 is 4.74 Å². The van der Waals surface area contributed by atoms with Crippen molar-refractivity contribution in [2.45, 2.75) is 6.61 Å². The van der Waals surface area contributed by atoms with Crippen LogP contribution in [0.25, 0.3) is 6.08 Å². The summed E-state index contributed by atoms with van der Waals surface area (Å²) in [6, 6.07) is 7.07. The Hall–Kier alpha value is -2.55. The van der Waals surface area contributed by atoms with E-state index in [1.165, 1.54) is 22.3 Å². The third kappa shape index (κ3) is 4.60. The first-order valence-electron chi connectivity index (χ1n) is 7.81. The fraction of sp³-hybridized carbons (Fsp3) is 0.111. The minimum Gasteiger partial charge on any atom is -0.488 e. The molecular weight excluding hydrogens is 406 g/mol. The Labute approximate surface area is 170 Å². The predicted molar refractivity (Wildman–Crippen MR) is 109 cm³/mol. The molecule has 6 nitrogen and oxygen atoms in total. The van der Waals surface area contributed by atoms with Crippen molar-refractivity contribution in [3.8, 4) is 5.75 Å². The van der Waals surface area contributed by atoms with Crippen LogP contribution in [0.3, 0.4) is 0 Å². The Morgan fingerprint density at radius 2 is 2.22 bits per heavy atom. The number of ether oxygens (including phenoxy) is 1. The molecule has 1 N–H and O–H groups in total. The molecule has 0 aliphatic carbocycles. The van der Waals surface area contributed by atoms with Crippen molar-refractivity contribution in [3.63, 3.8) is 0 Å². The molecule has 138 valence electrons. The predicted octanol–water partition coefficient (Wildman–Crippen LogP) is 3.19. The van der Waals surface area contributed by atoms with E-state index in [9.17, 15) is 9.59 Å². The number of carbonyl (C=O) groups excluding carboxylic acids is 2. The van der Waals surface area contributed by atoms with Crippen molar-refractivity contribution in [2.75, 3.05) is 6.54 Å². The Kier molecular flexibility index (Phi) is 6.00. The van der Waals surface area contributed by atoms with Gasteiger partial charge in [0.25, 0.3) is 11.8 Å². The molecule has 27 heavy (non-hydrogen) atoms. The summed E-state index contributed by atoms with van der Waals surface area (Å²) in [7, 11) is 0. The lowest BCUT2D eigenvalue weighted by Gasteiger charge is -2.27. The second-order valence-electron chi connectivity index (χ2n) is 5.46. The van der Waals surface area contributed by atoms with Crippen LogP contribution in [-0.4, -0.2) is 33.4 Å². The molecule has 1 fully saturated rings. The monoisotopic (exact) mass is 419 g/mol. The number of nitrogens with zero attached hydrogens (tertiary/aromatic N) is 2. The van der Waals surface area contributed by atoms with Gasteiger partial charge in [-0.25, -0.2) is 4.98 Å². The molecule has 1 aromatic heterocycles. The smallest absolute Gasteiger partial charge is 0.265 e. The molecular formula is C18H14ClN3O3S2. The van der Waals surface area contributed by atoms with Crippen LogP contribution in [0.4, 0.5) is 0 Å². The number of carbonyl (C=O) groups is 2. The van der Waals surface area contributed by atoms with Gasteiger partial charge in [-0.2, -0.15) is 0 Å². The first-order chi connectivity index (χ1) is 13.0. The maximum absolute atomic E-state index is 12.6. The lowest BCUT2D eigenvalue weighted by atomic mass is 10.1. The van der Waals surface area contributed by atoms with E-state index < -0.39 is 11.8 Å². The van der Waals surface area contributed by atoms with Gasteiger partial charge in [0.15, 0.2) is 9.58 Å². The van der Waals surface area contributed by atoms with Gasteiger partial charge in [0.1, 0.15) is 17.9 Å². The lowest BCUT2D eigenvalue weighted by molar-refractivity contribution is -0.128. The average Bonchev–Trinajstić information content (AvgIpc) is 3.06. The first-order valence-corrected chi connectivity index (χ1v) is 9.41. The highest BCUT2D eigenvalue weighted by atomic mass is 35.5. The summed E-state index contributed by atoms with van der Waals surface area (Å²) in [4.78, 5) is 30.9. The van der Waals surface area contributed by atoms with Gasteiger partial charge in [0.05, 0.1) is 4.88 Å². The zero-order valence-corrected chi connectivity index (χ0v) is 16.4. The highest BCUT2D eigenvalue weighted by Gasteiger charge is 2.32. The SMILES string of the molecule is C=CCN1C(=O)/C(=C/c2cccc(OCc3cnc(Cl)s3)c2)C(=O)NC1=S. The van der Waals surface area contributed by atoms with Gasteiger partial charge in [-0.3, -0.25) is 19.8 Å². The normalized spacial score (nSPS) is 15.8. The molecule has 1 saturated heterocycles. The van der Waals surface area contributed by atoms with Crippen molar-refractivity contribution in [3.05, 3.63) is 63.6 Å². The van der Waals surface area contributed by atoms with E-state index in [2.05, 4.69) is 16.9 Å². The van der Waals surface area contributed by atoms with Gasteiger partial charge in [-0.05, 0) is 36.0 Å². The van der Waals surface area contributed by atoms with Crippen LogP contribution in [0.15, 0.2) is 48.7 Å². The standard InChI is InChI=1S/C18H14ClN3O3S2/c1-2-6-22-16(24)14(15(23)21-18(22)26)8-11-4-3-5-12(7-11)25-10-13-9-20-17(19)27-13/h2-5,7-9H,1,6,10H2,(H,21,23,26)/b14-8+. The van der Waals surface area contributed by atoms with Crippen molar-refractivity contribution < 1.29 is 14.3 Å². The number of halogens is 1. The van der Waals surface area contributed by atoms with Crippen molar-refractivity contribution >= 4 is 58.2 Å². The van der Waals surface area contributed by atoms with Crippen LogP contribution in [0.2, 0.25) is 4.47 Å². The fourth-order valence-electron chi connectivity index (χ4n) is 2.35. The van der Waals surface area contributed by atoms with Gasteiger partial charge in [0.2, 0.25) is 0 Å². The second kappa shape index (κ2) is 8.43. The van der Waals surface area contributed by atoms with Crippen LogP contribution in [-0.2, 0) is 16.2 Å². The molecule has 0 saturated carbocycles. The Morgan fingerprint density at radius 1 is 1.41 bits per heavy atom. The number of hydrogen-bond acceptors (Lipinski definition) is 6. The number of rotatable bonds is 6. The maximum atomic E-state index is 12.6. The molecule has 1 aromatic carbocycles. The number of hydrogen-bond donors (Lipinski definition) is 1. The maximum Gasteiger partial charge on any atom is 0.265 e. The molecule has 1 aliphatic heterocycles. The summed E-state index contributed by atoms with van der Waals surface area (Å²) in [5.41, 5.74) is 0.650. The minimum atomic E-state index is -0.532. The van der Waals surface area contributed by atoms with Crippen LogP contribution in [0, 0.1) is 0 Å². The summed E-state index contributed by atoms with van der Waals surface area (Å²) in [5, 5.41) is 2.58. The van der Waals surface area contributed by atoms with Crippen LogP contribution in [0.1, 0.15) is 10.4 Å². The minimum absolute atomic E-state index is 0.00293. The van der Waals surface area contributed by atoms with Crippen LogP contribution < -0.4 is 10.1 Å². The van der Waals surface area contributed by atoms with Gasteiger partial charge >= 0.3 is 0 Å². The fourth-order valence-corrected chi connectivity index (χ4v) is 3.50. The molecule has 1 aliphatic rings. The number of amides is 2.